The zero-order valence-electron chi connectivity index (χ0n) is 36.6. The first kappa shape index (κ1) is 43.3. The van der Waals surface area contributed by atoms with E-state index in [4.69, 9.17) is 4.98 Å². The van der Waals surface area contributed by atoms with Crippen molar-refractivity contribution in [3.8, 4) is 22.5 Å². The second-order valence-corrected chi connectivity index (χ2v) is 18.7. The van der Waals surface area contributed by atoms with Crippen LogP contribution >= 0.6 is 0 Å². The Morgan fingerprint density at radius 3 is 1.64 bits per heavy atom. The van der Waals surface area contributed by atoms with Crippen LogP contribution in [0.1, 0.15) is 79.0 Å². The van der Waals surface area contributed by atoms with E-state index < -0.39 is 0 Å². The maximum Gasteiger partial charge on any atom is 0.0198 e. The van der Waals surface area contributed by atoms with E-state index in [1.807, 2.05) is 67.0 Å². The van der Waals surface area contributed by atoms with Gasteiger partial charge >= 0.3 is 0 Å². The predicted molar refractivity (Wildman–Crippen MR) is 255 cm³/mol. The topological polar surface area (TPSA) is 38.7 Å². The minimum Gasteiger partial charge on any atom is -0.305 e. The van der Waals surface area contributed by atoms with Gasteiger partial charge in [0.15, 0.2) is 0 Å². The molecule has 0 saturated heterocycles. The average molecular weight is 971 g/mol. The Morgan fingerprint density at radius 2 is 0.984 bits per heavy atom. The number of hydrogen-bond donors (Lipinski definition) is 0. The van der Waals surface area contributed by atoms with Crippen LogP contribution in [0.5, 0.6) is 0 Å². The largest absolute Gasteiger partial charge is 0.305 e. The normalized spacial score (nSPS) is 11.9. The van der Waals surface area contributed by atoms with E-state index in [2.05, 4.69) is 169 Å². The maximum absolute atomic E-state index is 4.95. The van der Waals surface area contributed by atoms with Crippen molar-refractivity contribution in [1.82, 2.24) is 15.0 Å². The number of fused-ring (bicyclic) bond motifs is 6. The van der Waals surface area contributed by atoms with Gasteiger partial charge in [-0.1, -0.05) is 140 Å². The van der Waals surface area contributed by atoms with Crippen LogP contribution < -0.4 is 0 Å². The molecular formula is C57H52IrN3-3. The smallest absolute Gasteiger partial charge is 0.0198 e. The van der Waals surface area contributed by atoms with Gasteiger partial charge in [0.25, 0.3) is 0 Å². The predicted octanol–water partition coefficient (Wildman–Crippen LogP) is 15.1. The molecule has 0 aliphatic carbocycles. The van der Waals surface area contributed by atoms with Crippen molar-refractivity contribution in [2.75, 3.05) is 0 Å². The summed E-state index contributed by atoms with van der Waals surface area (Å²) >= 11 is 0. The third-order valence-electron chi connectivity index (χ3n) is 11.3. The molecule has 10 rings (SSSR count). The Balaban J connectivity index is 0.000000149. The van der Waals surface area contributed by atoms with Gasteiger partial charge in [-0.25, -0.2) is 0 Å². The zero-order chi connectivity index (χ0) is 42.2. The number of benzene rings is 7. The minimum absolute atomic E-state index is 0. The summed E-state index contributed by atoms with van der Waals surface area (Å²) in [6, 6.07) is 56.3. The van der Waals surface area contributed by atoms with Gasteiger partial charge in [0, 0.05) is 38.7 Å². The maximum atomic E-state index is 4.95. The Morgan fingerprint density at radius 1 is 0.393 bits per heavy atom. The van der Waals surface area contributed by atoms with E-state index in [9.17, 15) is 0 Å². The Kier molecular flexibility index (Phi) is 12.3. The molecule has 3 nitrogen and oxygen atoms in total. The van der Waals surface area contributed by atoms with Crippen molar-refractivity contribution in [2.24, 2.45) is 0 Å². The first-order valence-corrected chi connectivity index (χ1v) is 20.8. The zero-order valence-corrected chi connectivity index (χ0v) is 39.0. The van der Waals surface area contributed by atoms with Crippen molar-refractivity contribution in [3.05, 3.63) is 187 Å². The van der Waals surface area contributed by atoms with Crippen LogP contribution in [0.3, 0.4) is 0 Å². The second-order valence-electron chi connectivity index (χ2n) is 18.7. The molecule has 0 unspecified atom stereocenters. The van der Waals surface area contributed by atoms with Gasteiger partial charge in [0.2, 0.25) is 0 Å². The molecule has 0 amide bonds. The molecule has 0 N–H and O–H groups in total. The summed E-state index contributed by atoms with van der Waals surface area (Å²) in [5.41, 5.74) is 9.36. The van der Waals surface area contributed by atoms with E-state index in [0.29, 0.717) is 0 Å². The molecule has 10 aromatic rings. The molecule has 3 aromatic heterocycles. The van der Waals surface area contributed by atoms with E-state index in [-0.39, 0.29) is 36.4 Å². The molecule has 0 aliphatic rings. The van der Waals surface area contributed by atoms with Crippen molar-refractivity contribution < 1.29 is 20.1 Å². The number of nitrogens with zero attached hydrogens (tertiary/aromatic N) is 3. The quantitative estimate of drug-likeness (QED) is 0.0984. The molecule has 0 aliphatic heterocycles. The van der Waals surface area contributed by atoms with Crippen LogP contribution in [-0.4, -0.2) is 15.0 Å². The van der Waals surface area contributed by atoms with Gasteiger partial charge in [0.05, 0.1) is 0 Å². The first-order chi connectivity index (χ1) is 28.7. The third kappa shape index (κ3) is 8.99. The number of hydrogen-bond acceptors (Lipinski definition) is 3. The van der Waals surface area contributed by atoms with E-state index in [1.165, 1.54) is 59.8 Å². The SMILES string of the molecule is CC(C)(C)c1cc[c-]c(-c2cc(C(C)(C)C)ccn2)c1.CC(C)(C)c1cnc2c3[c-]ccc4c5ccccc5c5cccc(c2c1)c5c34.[Ir].[c-]1ccccc1-c1ccccn1. The Bertz CT molecular complexity index is 2990. The molecule has 0 spiro atoms. The fourth-order valence-corrected chi connectivity index (χ4v) is 7.87. The molecule has 0 fully saturated rings. The molecule has 0 saturated carbocycles. The van der Waals surface area contributed by atoms with Crippen molar-refractivity contribution in [3.63, 3.8) is 0 Å². The van der Waals surface area contributed by atoms with E-state index in [0.717, 1.165) is 33.4 Å². The monoisotopic (exact) mass is 971 g/mol. The van der Waals surface area contributed by atoms with Crippen LogP contribution in [-0.2, 0) is 36.4 Å². The van der Waals surface area contributed by atoms with Crippen molar-refractivity contribution in [2.45, 2.75) is 78.6 Å². The summed E-state index contributed by atoms with van der Waals surface area (Å²) in [4.78, 5) is 13.7. The summed E-state index contributed by atoms with van der Waals surface area (Å²) in [6.07, 6.45) is 5.72. The minimum atomic E-state index is 0. The molecular weight excluding hydrogens is 919 g/mol. The first-order valence-electron chi connectivity index (χ1n) is 20.8. The van der Waals surface area contributed by atoms with Crippen molar-refractivity contribution in [1.29, 1.82) is 0 Å². The van der Waals surface area contributed by atoms with Crippen LogP contribution in [0.2, 0.25) is 0 Å². The molecule has 3 heterocycles. The van der Waals surface area contributed by atoms with E-state index >= 15 is 0 Å². The van der Waals surface area contributed by atoms with Crippen LogP contribution in [0.25, 0.3) is 76.5 Å². The molecule has 4 heteroatoms. The third-order valence-corrected chi connectivity index (χ3v) is 11.3. The van der Waals surface area contributed by atoms with Gasteiger partial charge in [-0.05, 0) is 88.7 Å². The summed E-state index contributed by atoms with van der Waals surface area (Å²) in [5.74, 6) is 0. The number of rotatable bonds is 2. The summed E-state index contributed by atoms with van der Waals surface area (Å²) in [7, 11) is 0. The molecule has 0 bridgehead atoms. The summed E-state index contributed by atoms with van der Waals surface area (Å²) in [5, 5.41) is 11.5. The van der Waals surface area contributed by atoms with Crippen molar-refractivity contribution >= 4 is 54.0 Å². The van der Waals surface area contributed by atoms with Gasteiger partial charge in [-0.2, -0.15) is 0 Å². The molecule has 307 valence electrons. The molecule has 1 radical (unpaired) electrons. The second kappa shape index (κ2) is 17.3. The van der Waals surface area contributed by atoms with Crippen LogP contribution in [0, 0.1) is 18.2 Å². The molecule has 0 atom stereocenters. The van der Waals surface area contributed by atoms with E-state index in [1.54, 1.807) is 6.20 Å². The van der Waals surface area contributed by atoms with Gasteiger partial charge in [-0.3, -0.25) is 0 Å². The average Bonchev–Trinajstić information content (AvgIpc) is 3.26. The van der Waals surface area contributed by atoms with Gasteiger partial charge in [0.1, 0.15) is 0 Å². The van der Waals surface area contributed by atoms with Gasteiger partial charge < -0.3 is 15.0 Å². The standard InChI is InChI=1S/C27H20N.C19H24N.C11H8N.Ir/c1-27(2,3)16-14-23-21-12-6-10-19-17-8-4-5-9-18(17)20-11-7-13-22(25(20)24(19)21)26(23)28-15-16;1-18(2,3)15-9-7-8-14(12-15)17-13-16(10-11-20-17)19(4,5)6;1-2-6-10(7-3-1)11-8-4-5-9-12-11;/h4-12,14-15H,1-3H3;7,9-13H,1-6H3;1-6,8-9H;/q3*-1;. The van der Waals surface area contributed by atoms with Crippen LogP contribution in [0.15, 0.2) is 152 Å². The molecule has 7 aromatic carbocycles. The van der Waals surface area contributed by atoms with Crippen LogP contribution in [0.4, 0.5) is 0 Å². The fraction of sp³-hybridized carbons (Fsp3) is 0.211. The fourth-order valence-electron chi connectivity index (χ4n) is 7.87. The Labute approximate surface area is 375 Å². The summed E-state index contributed by atoms with van der Waals surface area (Å²) < 4.78 is 0. The Hall–Kier alpha value is -5.80. The van der Waals surface area contributed by atoms with Gasteiger partial charge in [-0.15, -0.1) is 94.9 Å². The molecule has 61 heavy (non-hydrogen) atoms. The number of aromatic nitrogens is 3. The summed E-state index contributed by atoms with van der Waals surface area (Å²) in [6.45, 7) is 20.1. The number of pyridine rings is 3.